The molecule has 9 heteroatoms. The molecule has 9 nitrogen and oxygen atoms in total. The van der Waals surface area contributed by atoms with Crippen LogP contribution in [0.15, 0.2) is 133 Å². The van der Waals surface area contributed by atoms with Gasteiger partial charge in [0.2, 0.25) is 17.6 Å². The van der Waals surface area contributed by atoms with Gasteiger partial charge in [0.15, 0.2) is 11.9 Å². The number of epoxide rings is 1. The first-order chi connectivity index (χ1) is 19.7. The minimum absolute atomic E-state index is 0.0424. The Hall–Kier alpha value is -4.86. The van der Waals surface area contributed by atoms with Crippen molar-refractivity contribution in [2.75, 3.05) is 0 Å². The lowest BCUT2D eigenvalue weighted by atomic mass is 9.88. The van der Waals surface area contributed by atoms with E-state index in [0.717, 1.165) is 0 Å². The molecule has 3 atom stereocenters. The summed E-state index contributed by atoms with van der Waals surface area (Å²) in [5.41, 5.74) is -1.68. The van der Waals surface area contributed by atoms with Gasteiger partial charge in [0.25, 0.3) is 0 Å². The summed E-state index contributed by atoms with van der Waals surface area (Å²) >= 11 is 0. The van der Waals surface area contributed by atoms with Crippen LogP contribution in [0.25, 0.3) is 0 Å². The van der Waals surface area contributed by atoms with Gasteiger partial charge in [0.05, 0.1) is 5.70 Å². The van der Waals surface area contributed by atoms with Crippen molar-refractivity contribution in [2.45, 2.75) is 37.6 Å². The second kappa shape index (κ2) is 15.1. The van der Waals surface area contributed by atoms with Gasteiger partial charge < -0.3 is 25.6 Å². The van der Waals surface area contributed by atoms with Crippen LogP contribution in [0.1, 0.15) is 19.8 Å². The van der Waals surface area contributed by atoms with Gasteiger partial charge in [-0.2, -0.15) is 0 Å². The van der Waals surface area contributed by atoms with Gasteiger partial charge in [-0.3, -0.25) is 19.2 Å². The molecule has 0 bridgehead atoms. The number of Topliss-reactive ketones (excluding diaryl/α,β-unsaturated/α-hetero) is 2. The number of amides is 2. The monoisotopic (exact) mass is 556 g/mol. The van der Waals surface area contributed by atoms with Crippen LogP contribution in [0, 0.1) is 0 Å². The first-order valence-electron chi connectivity index (χ1n) is 13.0. The Morgan fingerprint density at radius 2 is 1.37 bits per heavy atom. The van der Waals surface area contributed by atoms with E-state index in [1.807, 2.05) is 37.3 Å². The van der Waals surface area contributed by atoms with E-state index < -0.39 is 35.4 Å². The average molecular weight is 557 g/mol. The summed E-state index contributed by atoms with van der Waals surface area (Å²) in [5, 5.41) is 25.5. The van der Waals surface area contributed by atoms with Gasteiger partial charge >= 0.3 is 0 Å². The number of ketones is 2. The van der Waals surface area contributed by atoms with Gasteiger partial charge in [-0.15, -0.1) is 0 Å². The van der Waals surface area contributed by atoms with E-state index >= 15 is 0 Å². The van der Waals surface area contributed by atoms with Crippen LogP contribution >= 0.6 is 0 Å². The highest BCUT2D eigenvalue weighted by Gasteiger charge is 2.59. The molecule has 1 fully saturated rings. The zero-order chi connectivity index (χ0) is 29.7. The maximum atomic E-state index is 12.5. The normalized spacial score (nSPS) is 25.2. The Morgan fingerprint density at radius 1 is 0.829 bits per heavy atom. The molecular formula is C32H32N2O7. The first kappa shape index (κ1) is 30.7. The molecule has 0 radical (unpaired) electrons. The predicted octanol–water partition coefficient (Wildman–Crippen LogP) is 3.34. The number of hydrogen-bond acceptors (Lipinski definition) is 7. The molecular weight excluding hydrogens is 524 g/mol. The molecule has 4 N–H and O–H groups in total. The Morgan fingerprint density at radius 3 is 1.93 bits per heavy atom. The van der Waals surface area contributed by atoms with E-state index in [1.165, 1.54) is 36.5 Å². The summed E-state index contributed by atoms with van der Waals surface area (Å²) in [6.07, 6.45) is 29.8. The summed E-state index contributed by atoms with van der Waals surface area (Å²) in [7, 11) is 0. The van der Waals surface area contributed by atoms with Gasteiger partial charge in [-0.25, -0.2) is 0 Å². The molecule has 212 valence electrons. The Bertz CT molecular complexity index is 1380. The molecule has 0 aromatic rings. The van der Waals surface area contributed by atoms with E-state index in [1.54, 1.807) is 48.6 Å². The maximum absolute atomic E-state index is 12.5. The molecule has 0 aromatic heterocycles. The molecule has 1 saturated heterocycles. The topological polar surface area (TPSA) is 145 Å². The Kier molecular flexibility index (Phi) is 11.3. The average Bonchev–Trinajstić information content (AvgIpc) is 3.71. The Balaban J connectivity index is 1.50. The van der Waals surface area contributed by atoms with Gasteiger partial charge in [-0.1, -0.05) is 91.1 Å². The zero-order valence-corrected chi connectivity index (χ0v) is 22.5. The van der Waals surface area contributed by atoms with E-state index in [2.05, 4.69) is 10.6 Å². The van der Waals surface area contributed by atoms with Crippen molar-refractivity contribution in [1.29, 1.82) is 0 Å². The fraction of sp³-hybridized carbons (Fsp3) is 0.188. The molecule has 1 aliphatic heterocycles. The molecule has 3 rings (SSSR count). The number of carbonyl (C=O) groups excluding carboxylic acids is 4. The number of aliphatic hydroxyl groups excluding tert-OH is 1. The number of fused-ring (bicyclic) bond motifs is 1. The SMILES string of the molecule is C/C=C/C=C\C=C\C=C\C=C\C(=O)NC1=C[C@@](O)(/C=C/C=C/C=C/C=C/C(=O)NC2=C(O)CCC2=O)C2OC2C1=O. The molecule has 0 aromatic carbocycles. The highest BCUT2D eigenvalue weighted by molar-refractivity contribution is 6.06. The predicted molar refractivity (Wildman–Crippen MR) is 155 cm³/mol. The fourth-order valence-corrected chi connectivity index (χ4v) is 3.81. The van der Waals surface area contributed by atoms with Crippen LogP contribution in [-0.2, 0) is 23.9 Å². The zero-order valence-electron chi connectivity index (χ0n) is 22.5. The quantitative estimate of drug-likeness (QED) is 0.164. The van der Waals surface area contributed by atoms with Crippen molar-refractivity contribution in [2.24, 2.45) is 0 Å². The summed E-state index contributed by atoms with van der Waals surface area (Å²) in [4.78, 5) is 48.2. The highest BCUT2D eigenvalue weighted by Crippen LogP contribution is 2.40. The lowest BCUT2D eigenvalue weighted by Crippen LogP contribution is -2.42. The second-order valence-corrected chi connectivity index (χ2v) is 9.04. The van der Waals surface area contributed by atoms with Gasteiger partial charge in [0.1, 0.15) is 23.2 Å². The summed E-state index contributed by atoms with van der Waals surface area (Å²) < 4.78 is 5.35. The molecule has 2 aliphatic carbocycles. The molecule has 41 heavy (non-hydrogen) atoms. The molecule has 0 spiro atoms. The third-order valence-corrected chi connectivity index (χ3v) is 5.89. The molecule has 2 unspecified atom stereocenters. The van der Waals surface area contributed by atoms with E-state index in [-0.39, 0.29) is 35.8 Å². The smallest absolute Gasteiger partial charge is 0.248 e. The van der Waals surface area contributed by atoms with E-state index in [4.69, 9.17) is 4.74 Å². The Labute approximate surface area is 238 Å². The van der Waals surface area contributed by atoms with Crippen molar-refractivity contribution >= 4 is 23.4 Å². The minimum atomic E-state index is -1.58. The van der Waals surface area contributed by atoms with Crippen molar-refractivity contribution < 1.29 is 34.1 Å². The van der Waals surface area contributed by atoms with Crippen molar-refractivity contribution in [3.05, 3.63) is 133 Å². The minimum Gasteiger partial charge on any atom is -0.510 e. The van der Waals surface area contributed by atoms with Crippen LogP contribution in [0.4, 0.5) is 0 Å². The van der Waals surface area contributed by atoms with Crippen LogP contribution in [0.2, 0.25) is 0 Å². The number of aliphatic hydroxyl groups is 2. The lowest BCUT2D eigenvalue weighted by molar-refractivity contribution is -0.121. The third-order valence-electron chi connectivity index (χ3n) is 5.89. The summed E-state index contributed by atoms with van der Waals surface area (Å²) in [5.74, 6) is -1.88. The number of nitrogens with one attached hydrogen (secondary N) is 2. The second-order valence-electron chi connectivity index (χ2n) is 9.04. The van der Waals surface area contributed by atoms with Crippen LogP contribution < -0.4 is 10.6 Å². The third kappa shape index (κ3) is 9.38. The van der Waals surface area contributed by atoms with Crippen LogP contribution in [0.5, 0.6) is 0 Å². The largest absolute Gasteiger partial charge is 0.510 e. The maximum Gasteiger partial charge on any atom is 0.248 e. The number of carbonyl (C=O) groups is 4. The number of rotatable bonds is 12. The standard InChI is InChI=1S/C32H32N2O7/c1-2-3-4-5-6-7-8-11-14-17-26(37)33-23-22-32(40,31-30(41-31)29(23)39)21-16-13-10-9-12-15-18-27(38)34-28-24(35)19-20-25(28)36/h2-18,21-22,30-31,35,40H,19-20H2,1H3,(H,33,37)(H,34,38)/b3-2+,5-4-,7-6+,11-8+,12-9+,13-10+,17-14+,18-15+,21-16+/t30?,31?,32-/m0/s1. The van der Waals surface area contributed by atoms with E-state index in [9.17, 15) is 29.4 Å². The van der Waals surface area contributed by atoms with Crippen molar-refractivity contribution in [3.63, 3.8) is 0 Å². The van der Waals surface area contributed by atoms with Gasteiger partial charge in [-0.05, 0) is 19.1 Å². The molecule has 3 aliphatic rings. The molecule has 0 saturated carbocycles. The lowest BCUT2D eigenvalue weighted by Gasteiger charge is -2.23. The molecule has 2 amide bonds. The van der Waals surface area contributed by atoms with E-state index in [0.29, 0.717) is 0 Å². The molecule has 1 heterocycles. The first-order valence-corrected chi connectivity index (χ1v) is 13.0. The van der Waals surface area contributed by atoms with Crippen LogP contribution in [-0.4, -0.2) is 51.4 Å². The highest BCUT2D eigenvalue weighted by atomic mass is 16.6. The number of ether oxygens (including phenoxy) is 1. The fourth-order valence-electron chi connectivity index (χ4n) is 3.81. The van der Waals surface area contributed by atoms with Crippen LogP contribution in [0.3, 0.4) is 0 Å². The number of hydrogen-bond donors (Lipinski definition) is 4. The van der Waals surface area contributed by atoms with Crippen molar-refractivity contribution in [1.82, 2.24) is 10.6 Å². The summed E-state index contributed by atoms with van der Waals surface area (Å²) in [6.45, 7) is 1.93. The van der Waals surface area contributed by atoms with Gasteiger partial charge in [0, 0.05) is 25.0 Å². The van der Waals surface area contributed by atoms with Crippen molar-refractivity contribution in [3.8, 4) is 0 Å². The number of allylic oxidation sites excluding steroid dienone is 17. The summed E-state index contributed by atoms with van der Waals surface area (Å²) in [6, 6.07) is 0.